The predicted molar refractivity (Wildman–Crippen MR) is 98.8 cm³/mol. The average molecular weight is 364 g/mol. The van der Waals surface area contributed by atoms with Crippen molar-refractivity contribution in [3.05, 3.63) is 29.3 Å². The van der Waals surface area contributed by atoms with E-state index < -0.39 is 0 Å². The molecule has 1 heterocycles. The summed E-state index contributed by atoms with van der Waals surface area (Å²) >= 11 is 0. The van der Waals surface area contributed by atoms with Crippen LogP contribution in [0.4, 0.5) is 5.69 Å². The van der Waals surface area contributed by atoms with Gasteiger partial charge in [-0.3, -0.25) is 9.69 Å². The number of benzene rings is 1. The Morgan fingerprint density at radius 3 is 2.65 bits per heavy atom. The summed E-state index contributed by atoms with van der Waals surface area (Å²) in [6.07, 6.45) is 0. The molecule has 1 fully saturated rings. The first-order valence-corrected chi connectivity index (χ1v) is 7.50. The molecule has 0 spiro atoms. The van der Waals surface area contributed by atoms with Gasteiger partial charge in [-0.15, -0.1) is 24.8 Å². The number of carbonyl (C=O) groups excluding carboxylic acids is 1. The fraction of sp³-hybridized carbons (Fsp3) is 0.562. The molecule has 0 aromatic heterocycles. The second-order valence-corrected chi connectivity index (χ2v) is 5.80. The van der Waals surface area contributed by atoms with Gasteiger partial charge in [0.05, 0.1) is 13.2 Å². The highest BCUT2D eigenvalue weighted by molar-refractivity contribution is 5.96. The molecule has 1 aromatic rings. The van der Waals surface area contributed by atoms with Crippen LogP contribution in [0.1, 0.15) is 22.8 Å². The molecule has 0 bridgehead atoms. The summed E-state index contributed by atoms with van der Waals surface area (Å²) in [5, 5.41) is 3.00. The van der Waals surface area contributed by atoms with E-state index in [9.17, 15) is 4.79 Å². The number of halogens is 2. The molecule has 1 saturated heterocycles. The van der Waals surface area contributed by atoms with Crippen LogP contribution in [0.2, 0.25) is 0 Å². The van der Waals surface area contributed by atoms with Gasteiger partial charge >= 0.3 is 0 Å². The molecule has 1 aliphatic heterocycles. The second-order valence-electron chi connectivity index (χ2n) is 5.80. The molecule has 1 aromatic carbocycles. The molecule has 0 saturated carbocycles. The van der Waals surface area contributed by atoms with Gasteiger partial charge in [-0.1, -0.05) is 13.0 Å². The van der Waals surface area contributed by atoms with Crippen molar-refractivity contribution in [1.29, 1.82) is 0 Å². The molecule has 3 N–H and O–H groups in total. The number of hydrogen-bond acceptors (Lipinski definition) is 4. The third-order valence-corrected chi connectivity index (χ3v) is 3.79. The first-order chi connectivity index (χ1) is 10.1. The van der Waals surface area contributed by atoms with Crippen LogP contribution >= 0.6 is 24.8 Å². The Kier molecular flexibility index (Phi) is 10.2. The summed E-state index contributed by atoms with van der Waals surface area (Å²) in [6, 6.07) is 5.42. The Balaban J connectivity index is 0.00000242. The number of nitrogens with two attached hydrogens (primary N) is 1. The van der Waals surface area contributed by atoms with Gasteiger partial charge in [-0.25, -0.2) is 0 Å². The van der Waals surface area contributed by atoms with Gasteiger partial charge in [-0.2, -0.15) is 0 Å². The normalized spacial score (nSPS) is 15.9. The summed E-state index contributed by atoms with van der Waals surface area (Å²) in [7, 11) is 0. The van der Waals surface area contributed by atoms with Crippen molar-refractivity contribution in [2.45, 2.75) is 13.8 Å². The van der Waals surface area contributed by atoms with E-state index in [0.717, 1.165) is 38.4 Å². The van der Waals surface area contributed by atoms with Gasteiger partial charge in [0, 0.05) is 37.4 Å². The number of aryl methyl sites for hydroxylation is 1. The molecule has 2 rings (SSSR count). The lowest BCUT2D eigenvalue weighted by Crippen LogP contribution is -2.41. The van der Waals surface area contributed by atoms with Crippen molar-refractivity contribution in [3.63, 3.8) is 0 Å². The quantitative estimate of drug-likeness (QED) is 0.786. The number of nitrogens with one attached hydrogen (secondary N) is 1. The van der Waals surface area contributed by atoms with E-state index in [4.69, 9.17) is 10.5 Å². The van der Waals surface area contributed by atoms with Gasteiger partial charge in [0.15, 0.2) is 0 Å². The molecule has 1 atom stereocenters. The third kappa shape index (κ3) is 6.96. The Morgan fingerprint density at radius 2 is 2.00 bits per heavy atom. The zero-order chi connectivity index (χ0) is 15.2. The fourth-order valence-electron chi connectivity index (χ4n) is 2.54. The van der Waals surface area contributed by atoms with Crippen LogP contribution in [0.5, 0.6) is 0 Å². The number of carbonyl (C=O) groups is 1. The highest BCUT2D eigenvalue weighted by Crippen LogP contribution is 2.12. The SMILES string of the molecule is Cc1ccc(N)cc1C(=O)NCC(C)CN1CCOCC1.Cl.Cl. The molecule has 23 heavy (non-hydrogen) atoms. The van der Waals surface area contributed by atoms with Crippen LogP contribution < -0.4 is 11.1 Å². The monoisotopic (exact) mass is 363 g/mol. The summed E-state index contributed by atoms with van der Waals surface area (Å²) in [4.78, 5) is 14.6. The summed E-state index contributed by atoms with van der Waals surface area (Å²) < 4.78 is 5.34. The molecule has 132 valence electrons. The second kappa shape index (κ2) is 10.7. The van der Waals surface area contributed by atoms with Crippen molar-refractivity contribution in [2.24, 2.45) is 5.92 Å². The number of hydrogen-bond donors (Lipinski definition) is 2. The Bertz CT molecular complexity index is 494. The van der Waals surface area contributed by atoms with Gasteiger partial charge < -0.3 is 15.8 Å². The van der Waals surface area contributed by atoms with Crippen molar-refractivity contribution < 1.29 is 9.53 Å². The maximum Gasteiger partial charge on any atom is 0.251 e. The predicted octanol–water partition coefficient (Wildman–Crippen LogP) is 2.12. The van der Waals surface area contributed by atoms with Crippen LogP contribution in [0.15, 0.2) is 18.2 Å². The molecular weight excluding hydrogens is 337 g/mol. The standard InChI is InChI=1S/C16H25N3O2.2ClH/c1-12(11-19-5-7-21-8-6-19)10-18-16(20)15-9-14(17)4-3-13(15)2;;/h3-4,9,12H,5-8,10-11,17H2,1-2H3,(H,18,20);2*1H. The van der Waals surface area contributed by atoms with E-state index in [1.807, 2.05) is 19.1 Å². The molecule has 0 aliphatic carbocycles. The Morgan fingerprint density at radius 1 is 1.35 bits per heavy atom. The van der Waals surface area contributed by atoms with Crippen LogP contribution in [-0.4, -0.2) is 50.2 Å². The van der Waals surface area contributed by atoms with E-state index >= 15 is 0 Å². The minimum atomic E-state index is -0.0476. The van der Waals surface area contributed by atoms with E-state index in [2.05, 4.69) is 17.1 Å². The maximum absolute atomic E-state index is 12.2. The molecule has 1 unspecified atom stereocenters. The van der Waals surface area contributed by atoms with Crippen LogP contribution in [0.3, 0.4) is 0 Å². The molecule has 1 aliphatic rings. The highest BCUT2D eigenvalue weighted by atomic mass is 35.5. The molecule has 0 radical (unpaired) electrons. The lowest BCUT2D eigenvalue weighted by Gasteiger charge is -2.29. The lowest BCUT2D eigenvalue weighted by molar-refractivity contribution is 0.0317. The van der Waals surface area contributed by atoms with E-state index in [0.29, 0.717) is 23.7 Å². The van der Waals surface area contributed by atoms with Crippen LogP contribution in [0.25, 0.3) is 0 Å². The molecule has 5 nitrogen and oxygen atoms in total. The largest absolute Gasteiger partial charge is 0.399 e. The number of amides is 1. The van der Waals surface area contributed by atoms with Crippen LogP contribution in [0, 0.1) is 12.8 Å². The van der Waals surface area contributed by atoms with Crippen molar-refractivity contribution in [1.82, 2.24) is 10.2 Å². The van der Waals surface area contributed by atoms with E-state index in [1.54, 1.807) is 6.07 Å². The zero-order valence-electron chi connectivity index (χ0n) is 13.7. The number of nitrogens with zero attached hydrogens (tertiary/aromatic N) is 1. The number of nitrogen functional groups attached to an aromatic ring is 1. The third-order valence-electron chi connectivity index (χ3n) is 3.79. The van der Waals surface area contributed by atoms with Gasteiger partial charge in [0.2, 0.25) is 0 Å². The van der Waals surface area contributed by atoms with Crippen molar-refractivity contribution >= 4 is 36.4 Å². The summed E-state index contributed by atoms with van der Waals surface area (Å²) in [6.45, 7) is 9.31. The number of ether oxygens (including phenoxy) is 1. The topological polar surface area (TPSA) is 67.6 Å². The molecule has 1 amide bonds. The van der Waals surface area contributed by atoms with Crippen LogP contribution in [-0.2, 0) is 4.74 Å². The summed E-state index contributed by atoms with van der Waals surface area (Å²) in [5.41, 5.74) is 7.97. The number of anilines is 1. The first-order valence-electron chi connectivity index (χ1n) is 7.50. The smallest absolute Gasteiger partial charge is 0.251 e. The van der Waals surface area contributed by atoms with Gasteiger partial charge in [-0.05, 0) is 30.5 Å². The summed E-state index contributed by atoms with van der Waals surface area (Å²) in [5.74, 6) is 0.363. The zero-order valence-corrected chi connectivity index (χ0v) is 15.3. The minimum absolute atomic E-state index is 0. The number of morpholine rings is 1. The van der Waals surface area contributed by atoms with Crippen molar-refractivity contribution in [3.8, 4) is 0 Å². The maximum atomic E-state index is 12.2. The fourth-order valence-corrected chi connectivity index (χ4v) is 2.54. The average Bonchev–Trinajstić information content (AvgIpc) is 2.48. The lowest BCUT2D eigenvalue weighted by atomic mass is 10.1. The van der Waals surface area contributed by atoms with E-state index in [1.165, 1.54) is 0 Å². The Hall–Kier alpha value is -1.01. The number of rotatable bonds is 5. The first kappa shape index (κ1) is 22.0. The van der Waals surface area contributed by atoms with Crippen molar-refractivity contribution in [2.75, 3.05) is 45.1 Å². The van der Waals surface area contributed by atoms with E-state index in [-0.39, 0.29) is 30.7 Å². The highest BCUT2D eigenvalue weighted by Gasteiger charge is 2.15. The van der Waals surface area contributed by atoms with Gasteiger partial charge in [0.1, 0.15) is 0 Å². The Labute approximate surface area is 150 Å². The molecule has 7 heteroatoms. The molecular formula is C16H27Cl2N3O2. The van der Waals surface area contributed by atoms with Gasteiger partial charge in [0.25, 0.3) is 5.91 Å². The minimum Gasteiger partial charge on any atom is -0.399 e.